The second-order valence-electron chi connectivity index (χ2n) is 8.94. The minimum atomic E-state index is -0.431. The summed E-state index contributed by atoms with van der Waals surface area (Å²) in [4.78, 5) is 22.6. The van der Waals surface area contributed by atoms with Crippen molar-refractivity contribution in [2.45, 2.75) is 64.0 Å². The molecule has 2 aromatic carbocycles. The third-order valence-electron chi connectivity index (χ3n) is 6.89. The third kappa shape index (κ3) is 3.82. The predicted molar refractivity (Wildman–Crippen MR) is 128 cm³/mol. The highest BCUT2D eigenvalue weighted by Crippen LogP contribution is 2.30. The summed E-state index contributed by atoms with van der Waals surface area (Å²) in [7, 11) is 0. The normalized spacial score (nSPS) is 15.9. The molecule has 2 heterocycles. The number of hydrogen-bond donors (Lipinski definition) is 1. The van der Waals surface area contributed by atoms with E-state index in [1.54, 1.807) is 12.5 Å². The lowest BCUT2D eigenvalue weighted by atomic mass is 9.94. The number of pyridine rings is 1. The van der Waals surface area contributed by atoms with Crippen LogP contribution < -0.4 is 5.56 Å². The zero-order chi connectivity index (χ0) is 22.1. The van der Waals surface area contributed by atoms with Crippen LogP contribution in [0, 0.1) is 0 Å². The van der Waals surface area contributed by atoms with Gasteiger partial charge < -0.3 is 5.11 Å². The van der Waals surface area contributed by atoms with Crippen LogP contribution in [0.2, 0.25) is 0 Å². The summed E-state index contributed by atoms with van der Waals surface area (Å²) in [6, 6.07) is 12.3. The summed E-state index contributed by atoms with van der Waals surface area (Å²) < 4.78 is 1.86. The first-order chi connectivity index (χ1) is 15.7. The van der Waals surface area contributed by atoms with Gasteiger partial charge in [-0.15, -0.1) is 0 Å². The standard InChI is InChI=1S/C27H29N3O2/c1-2-25(31)19-10-8-18(9-11-19)14-20-15-23-26(22-12-13-28-16-24(20)22)29-17-30(27(23)32)21-6-4-3-5-7-21/h8-13,15-17,21,25,31H,2-7,14H2,1H3. The van der Waals surface area contributed by atoms with Gasteiger partial charge in [-0.25, -0.2) is 4.98 Å². The molecule has 0 aliphatic heterocycles. The minimum Gasteiger partial charge on any atom is -0.388 e. The zero-order valence-electron chi connectivity index (χ0n) is 18.5. The molecule has 0 spiro atoms. The van der Waals surface area contributed by atoms with Crippen LogP contribution in [0.1, 0.15) is 74.3 Å². The molecular formula is C27H29N3O2. The third-order valence-corrected chi connectivity index (χ3v) is 6.89. The van der Waals surface area contributed by atoms with E-state index in [1.807, 2.05) is 42.0 Å². The Kier molecular flexibility index (Phi) is 5.75. The van der Waals surface area contributed by atoms with Gasteiger partial charge in [0.15, 0.2) is 0 Å². The Morgan fingerprint density at radius 1 is 1.06 bits per heavy atom. The molecule has 5 nitrogen and oxygen atoms in total. The molecule has 1 fully saturated rings. The van der Waals surface area contributed by atoms with Gasteiger partial charge in [0.1, 0.15) is 0 Å². The van der Waals surface area contributed by atoms with E-state index in [2.05, 4.69) is 17.1 Å². The van der Waals surface area contributed by atoms with Crippen LogP contribution in [0.15, 0.2) is 59.9 Å². The Bertz CT molecular complexity index is 1300. The van der Waals surface area contributed by atoms with Gasteiger partial charge in [0.05, 0.1) is 23.3 Å². The smallest absolute Gasteiger partial charge is 0.261 e. The summed E-state index contributed by atoms with van der Waals surface area (Å²) in [5.41, 5.74) is 3.96. The minimum absolute atomic E-state index is 0.0586. The fraction of sp³-hybridized carbons (Fsp3) is 0.370. The molecule has 4 aromatic rings. The van der Waals surface area contributed by atoms with Gasteiger partial charge in [-0.05, 0) is 54.5 Å². The molecule has 0 saturated heterocycles. The van der Waals surface area contributed by atoms with Crippen LogP contribution in [0.5, 0.6) is 0 Å². The van der Waals surface area contributed by atoms with E-state index in [1.165, 1.54) is 19.3 Å². The summed E-state index contributed by atoms with van der Waals surface area (Å²) in [5, 5.41) is 12.8. The van der Waals surface area contributed by atoms with Crippen molar-refractivity contribution in [3.63, 3.8) is 0 Å². The van der Waals surface area contributed by atoms with E-state index in [4.69, 9.17) is 4.98 Å². The SMILES string of the molecule is CCC(O)c1ccc(Cc2cc3c(=O)n(C4CCCCC4)cnc3c3ccncc23)cc1. The maximum Gasteiger partial charge on any atom is 0.261 e. The first-order valence-electron chi connectivity index (χ1n) is 11.7. The average molecular weight is 428 g/mol. The molecular weight excluding hydrogens is 398 g/mol. The lowest BCUT2D eigenvalue weighted by Crippen LogP contribution is -2.26. The summed E-state index contributed by atoms with van der Waals surface area (Å²) in [5.74, 6) is 0. The van der Waals surface area contributed by atoms with Crippen LogP contribution in [0.4, 0.5) is 0 Å². The van der Waals surface area contributed by atoms with E-state index >= 15 is 0 Å². The fourth-order valence-corrected chi connectivity index (χ4v) is 5.01. The van der Waals surface area contributed by atoms with Gasteiger partial charge in [0.25, 0.3) is 5.56 Å². The fourth-order valence-electron chi connectivity index (χ4n) is 5.01. The van der Waals surface area contributed by atoms with E-state index in [-0.39, 0.29) is 11.6 Å². The monoisotopic (exact) mass is 427 g/mol. The van der Waals surface area contributed by atoms with Gasteiger partial charge in [-0.3, -0.25) is 14.3 Å². The van der Waals surface area contributed by atoms with Gasteiger partial charge in [-0.2, -0.15) is 0 Å². The molecule has 1 aliphatic carbocycles. The molecule has 5 heteroatoms. The van der Waals surface area contributed by atoms with Crippen molar-refractivity contribution in [1.82, 2.24) is 14.5 Å². The van der Waals surface area contributed by atoms with Gasteiger partial charge >= 0.3 is 0 Å². The maximum atomic E-state index is 13.5. The van der Waals surface area contributed by atoms with Crippen LogP contribution in [0.25, 0.3) is 21.7 Å². The van der Waals surface area contributed by atoms with Crippen molar-refractivity contribution in [3.8, 4) is 0 Å². The molecule has 0 radical (unpaired) electrons. The molecule has 1 aliphatic rings. The molecule has 1 atom stereocenters. The topological polar surface area (TPSA) is 68.0 Å². The Morgan fingerprint density at radius 2 is 1.84 bits per heavy atom. The van der Waals surface area contributed by atoms with Crippen molar-refractivity contribution in [2.24, 2.45) is 0 Å². The molecule has 5 rings (SSSR count). The van der Waals surface area contributed by atoms with Gasteiger partial charge in [0.2, 0.25) is 0 Å². The number of aliphatic hydroxyl groups excluding tert-OH is 1. The van der Waals surface area contributed by atoms with E-state index in [0.29, 0.717) is 18.2 Å². The molecule has 0 amide bonds. The quantitative estimate of drug-likeness (QED) is 0.428. The molecule has 2 aromatic heterocycles. The van der Waals surface area contributed by atoms with Crippen LogP contribution in [-0.4, -0.2) is 19.6 Å². The first-order valence-corrected chi connectivity index (χ1v) is 11.7. The maximum absolute atomic E-state index is 13.5. The molecule has 1 unspecified atom stereocenters. The van der Waals surface area contributed by atoms with E-state index in [9.17, 15) is 9.90 Å². The molecule has 1 saturated carbocycles. The number of nitrogens with zero attached hydrogens (tertiary/aromatic N) is 3. The Morgan fingerprint density at radius 3 is 2.59 bits per heavy atom. The highest BCUT2D eigenvalue weighted by atomic mass is 16.3. The summed E-state index contributed by atoms with van der Waals surface area (Å²) >= 11 is 0. The van der Waals surface area contributed by atoms with Crippen molar-refractivity contribution < 1.29 is 5.11 Å². The average Bonchev–Trinajstić information content (AvgIpc) is 2.85. The predicted octanol–water partition coefficient (Wildman–Crippen LogP) is 5.48. The number of rotatable bonds is 5. The van der Waals surface area contributed by atoms with Crippen molar-refractivity contribution >= 4 is 21.7 Å². The van der Waals surface area contributed by atoms with Crippen molar-refractivity contribution in [2.75, 3.05) is 0 Å². The number of hydrogen-bond acceptors (Lipinski definition) is 4. The molecule has 164 valence electrons. The summed E-state index contributed by atoms with van der Waals surface area (Å²) in [6.45, 7) is 1.97. The van der Waals surface area contributed by atoms with E-state index < -0.39 is 6.10 Å². The van der Waals surface area contributed by atoms with Crippen LogP contribution >= 0.6 is 0 Å². The summed E-state index contributed by atoms with van der Waals surface area (Å²) in [6.07, 6.45) is 12.0. The zero-order valence-corrected chi connectivity index (χ0v) is 18.5. The number of aromatic nitrogens is 3. The van der Waals surface area contributed by atoms with Crippen LogP contribution in [-0.2, 0) is 6.42 Å². The largest absolute Gasteiger partial charge is 0.388 e. The van der Waals surface area contributed by atoms with Crippen molar-refractivity contribution in [3.05, 3.63) is 82.2 Å². The number of aliphatic hydroxyl groups is 1. The second kappa shape index (κ2) is 8.83. The Hall–Kier alpha value is -3.05. The van der Waals surface area contributed by atoms with Crippen molar-refractivity contribution in [1.29, 1.82) is 0 Å². The first kappa shape index (κ1) is 20.8. The number of benzene rings is 2. The van der Waals surface area contributed by atoms with Crippen LogP contribution in [0.3, 0.4) is 0 Å². The highest BCUT2D eigenvalue weighted by Gasteiger charge is 2.19. The Labute approximate surface area is 187 Å². The highest BCUT2D eigenvalue weighted by molar-refractivity contribution is 6.06. The van der Waals surface area contributed by atoms with Gasteiger partial charge in [-0.1, -0.05) is 50.5 Å². The molecule has 32 heavy (non-hydrogen) atoms. The lowest BCUT2D eigenvalue weighted by Gasteiger charge is -2.24. The molecule has 1 N–H and O–H groups in total. The lowest BCUT2D eigenvalue weighted by molar-refractivity contribution is 0.173. The van der Waals surface area contributed by atoms with Gasteiger partial charge in [0, 0.05) is 29.2 Å². The Balaban J connectivity index is 1.61. The number of fused-ring (bicyclic) bond motifs is 3. The molecule has 0 bridgehead atoms. The van der Waals surface area contributed by atoms with E-state index in [0.717, 1.165) is 45.8 Å². The second-order valence-corrected chi connectivity index (χ2v) is 8.94.